The summed E-state index contributed by atoms with van der Waals surface area (Å²) in [5.74, 6) is -5.60. The van der Waals surface area contributed by atoms with E-state index in [0.29, 0.717) is 48.3 Å². The number of carbonyl (C=O) groups is 5. The summed E-state index contributed by atoms with van der Waals surface area (Å²) in [7, 11) is 0. The van der Waals surface area contributed by atoms with Crippen LogP contribution in [0.4, 0.5) is 28.4 Å². The van der Waals surface area contributed by atoms with Crippen molar-refractivity contribution < 1.29 is 47.0 Å². The maximum Gasteiger partial charge on any atom is 0.407 e. The number of alkyl halides is 2. The Morgan fingerprint density at radius 1 is 0.984 bits per heavy atom. The Morgan fingerprint density at radius 3 is 2.32 bits per heavy atom. The molecule has 1 saturated heterocycles. The first kappa shape index (κ1) is 45.0. The number of nitrogens with zero attached hydrogens (tertiary/aromatic N) is 4. The third-order valence-electron chi connectivity index (χ3n) is 10.8. The first-order valence-electron chi connectivity index (χ1n) is 20.3. The topological polar surface area (TPSA) is 221 Å². The molecule has 1 aromatic heterocycles. The van der Waals surface area contributed by atoms with Gasteiger partial charge < -0.3 is 36.0 Å². The maximum absolute atomic E-state index is 15.1. The lowest BCUT2D eigenvalue weighted by molar-refractivity contribution is -0.130. The Bertz CT molecular complexity index is 2260. The van der Waals surface area contributed by atoms with Gasteiger partial charge in [0.1, 0.15) is 17.5 Å². The quantitative estimate of drug-likeness (QED) is 0.0962. The fourth-order valence-electron chi connectivity index (χ4n) is 7.74. The van der Waals surface area contributed by atoms with Gasteiger partial charge in [0.05, 0.1) is 18.2 Å². The van der Waals surface area contributed by atoms with Crippen molar-refractivity contribution in [1.29, 1.82) is 0 Å². The van der Waals surface area contributed by atoms with E-state index in [1.165, 1.54) is 12.1 Å². The van der Waals surface area contributed by atoms with Crippen molar-refractivity contribution in [3.8, 4) is 22.5 Å². The van der Waals surface area contributed by atoms with Crippen LogP contribution in [-0.4, -0.2) is 104 Å². The van der Waals surface area contributed by atoms with Crippen LogP contribution in [0, 0.1) is 24.6 Å². The third-order valence-corrected chi connectivity index (χ3v) is 10.8. The molecule has 16 nitrogen and oxygen atoms in total. The van der Waals surface area contributed by atoms with Gasteiger partial charge in [0, 0.05) is 43.1 Å². The molecule has 1 aliphatic heterocycles. The van der Waals surface area contributed by atoms with Gasteiger partial charge in [-0.25, -0.2) is 22.8 Å². The van der Waals surface area contributed by atoms with Crippen LogP contribution in [0.25, 0.3) is 22.5 Å². The molecule has 3 aromatic carbocycles. The van der Waals surface area contributed by atoms with Crippen LogP contribution in [0.1, 0.15) is 74.4 Å². The highest BCUT2D eigenvalue weighted by molar-refractivity contribution is 5.98. The summed E-state index contributed by atoms with van der Waals surface area (Å²) in [4.78, 5) is 64.7. The molecule has 330 valence electrons. The largest absolute Gasteiger partial charge is 0.465 e. The van der Waals surface area contributed by atoms with E-state index < -0.39 is 66.4 Å². The molecule has 2 aliphatic rings. The zero-order chi connectivity index (χ0) is 44.8. The highest BCUT2D eigenvalue weighted by Crippen LogP contribution is 2.31. The van der Waals surface area contributed by atoms with E-state index in [4.69, 9.17) is 4.74 Å². The molecule has 2 atom stereocenters. The zero-order valence-corrected chi connectivity index (χ0v) is 34.8. The van der Waals surface area contributed by atoms with Crippen LogP contribution in [0.2, 0.25) is 0 Å². The smallest absolute Gasteiger partial charge is 0.407 e. The minimum atomic E-state index is -3.27. The summed E-state index contributed by atoms with van der Waals surface area (Å²) in [5, 5.41) is 33.6. The molecule has 0 bridgehead atoms. The number of hydrogen-bond donors (Lipinski definition) is 6. The lowest BCUT2D eigenvalue weighted by Crippen LogP contribution is -2.56. The van der Waals surface area contributed by atoms with Crippen LogP contribution in [0.5, 0.6) is 0 Å². The van der Waals surface area contributed by atoms with Crippen molar-refractivity contribution in [2.45, 2.75) is 89.8 Å². The van der Waals surface area contributed by atoms with Gasteiger partial charge in [-0.15, -0.1) is 10.2 Å². The number of carboxylic acid groups (broad SMARTS) is 1. The molecule has 2 fully saturated rings. The molecular weight excluding hydrogens is 812 g/mol. The van der Waals surface area contributed by atoms with E-state index in [2.05, 4.69) is 41.9 Å². The van der Waals surface area contributed by atoms with Crippen LogP contribution < -0.4 is 21.3 Å². The van der Waals surface area contributed by atoms with E-state index >= 15 is 4.39 Å². The number of ether oxygens (including phenoxy) is 1. The lowest BCUT2D eigenvalue weighted by Gasteiger charge is -2.36. The molecular formula is C43H50F3N9O7. The SMILES string of the molecule is Cc1cc(C(=O)NC2CN(C(=O)O)CC(F)(F)C2)ccc1-c1ccc(C[C@H](NC(=O)C2CCC(CNC(=O)OC(C)(C)C)CC2)C(=O)Nc2ccc(-c3nn[nH]n3)c(F)c2)cc1. The number of benzene rings is 3. The number of halogens is 3. The number of aromatic nitrogens is 4. The standard InChI is InChI=1S/C43H50F3N9O7/c1-24-17-29(38(57)49-31-20-43(45,46)23-55(22-31)41(60)61)13-15-32(24)27-9-5-25(6-10-27)18-35(39(58)48-30-14-16-33(34(44)19-30)36-51-53-54-52-36)50-37(56)28-11-7-26(8-12-28)21-47-40(59)62-42(2,3)4/h5-6,9-10,13-17,19,26,28,31,35H,7-8,11-12,18,20-23H2,1-4H3,(H,47,59)(H,48,58)(H,49,57)(H,50,56)(H,60,61)(H,51,52,53,54)/t26?,28?,31?,35-/m0/s1. The zero-order valence-electron chi connectivity index (χ0n) is 34.8. The number of amides is 5. The Labute approximate surface area is 355 Å². The van der Waals surface area contributed by atoms with Crippen LogP contribution in [0.15, 0.2) is 60.7 Å². The Morgan fingerprint density at radius 2 is 1.69 bits per heavy atom. The van der Waals surface area contributed by atoms with E-state index in [-0.39, 0.29) is 53.3 Å². The highest BCUT2D eigenvalue weighted by atomic mass is 19.3. The van der Waals surface area contributed by atoms with E-state index in [0.717, 1.165) is 17.2 Å². The van der Waals surface area contributed by atoms with Gasteiger partial charge in [0.25, 0.3) is 11.8 Å². The van der Waals surface area contributed by atoms with Crippen molar-refractivity contribution in [2.75, 3.05) is 25.0 Å². The second-order valence-corrected chi connectivity index (χ2v) is 16.9. The first-order valence-corrected chi connectivity index (χ1v) is 20.3. The van der Waals surface area contributed by atoms with Crippen LogP contribution in [-0.2, 0) is 20.7 Å². The summed E-state index contributed by atoms with van der Waals surface area (Å²) in [6.45, 7) is 6.39. The Balaban J connectivity index is 1.12. The summed E-state index contributed by atoms with van der Waals surface area (Å²) in [5.41, 5.74) is 2.81. The molecule has 62 heavy (non-hydrogen) atoms. The lowest BCUT2D eigenvalue weighted by atomic mass is 9.81. The predicted octanol–water partition coefficient (Wildman–Crippen LogP) is 6.10. The molecule has 1 aliphatic carbocycles. The Hall–Kier alpha value is -6.53. The van der Waals surface area contributed by atoms with E-state index in [9.17, 15) is 37.9 Å². The van der Waals surface area contributed by atoms with Gasteiger partial charge >= 0.3 is 12.2 Å². The number of aryl methyl sites for hydroxylation is 1. The normalized spacial score (nSPS) is 19.1. The molecule has 1 unspecified atom stereocenters. The van der Waals surface area contributed by atoms with Crippen molar-refractivity contribution in [3.63, 3.8) is 0 Å². The summed E-state index contributed by atoms with van der Waals surface area (Å²) >= 11 is 0. The number of rotatable bonds is 12. The number of nitrogens with one attached hydrogen (secondary N) is 5. The summed E-state index contributed by atoms with van der Waals surface area (Å²) in [6.07, 6.45) is -0.0836. The van der Waals surface area contributed by atoms with E-state index in [1.54, 1.807) is 45.9 Å². The molecule has 19 heteroatoms. The van der Waals surface area contributed by atoms with Gasteiger partial charge in [-0.3, -0.25) is 14.4 Å². The minimum absolute atomic E-state index is 0.0426. The summed E-state index contributed by atoms with van der Waals surface area (Å²) in [6, 6.07) is 14.1. The van der Waals surface area contributed by atoms with Crippen LogP contribution >= 0.6 is 0 Å². The predicted molar refractivity (Wildman–Crippen MR) is 221 cm³/mol. The molecule has 0 radical (unpaired) electrons. The highest BCUT2D eigenvalue weighted by Gasteiger charge is 2.42. The maximum atomic E-state index is 15.1. The third kappa shape index (κ3) is 12.1. The fourth-order valence-corrected chi connectivity index (χ4v) is 7.74. The second-order valence-electron chi connectivity index (χ2n) is 16.9. The van der Waals surface area contributed by atoms with Crippen molar-refractivity contribution in [1.82, 2.24) is 41.5 Å². The van der Waals surface area contributed by atoms with Crippen molar-refractivity contribution in [3.05, 3.63) is 83.2 Å². The van der Waals surface area contributed by atoms with Crippen molar-refractivity contribution >= 4 is 35.6 Å². The number of H-pyrrole nitrogens is 1. The molecule has 1 saturated carbocycles. The summed E-state index contributed by atoms with van der Waals surface area (Å²) < 4.78 is 48.8. The molecule has 2 heterocycles. The number of likely N-dealkylation sites (tertiary alicyclic amines) is 1. The van der Waals surface area contributed by atoms with Gasteiger partial charge in [0.2, 0.25) is 17.6 Å². The minimum Gasteiger partial charge on any atom is -0.465 e. The molecule has 4 aromatic rings. The number of tetrazole rings is 1. The number of carbonyl (C=O) groups excluding carboxylic acids is 4. The number of alkyl carbamates (subject to hydrolysis) is 1. The molecule has 6 N–H and O–H groups in total. The first-order chi connectivity index (χ1) is 29.3. The van der Waals surface area contributed by atoms with Gasteiger partial charge in [-0.05, 0) is 117 Å². The number of aromatic amines is 1. The van der Waals surface area contributed by atoms with Gasteiger partial charge in [0.15, 0.2) is 0 Å². The van der Waals surface area contributed by atoms with E-state index in [1.807, 2.05) is 24.3 Å². The van der Waals surface area contributed by atoms with Gasteiger partial charge in [-0.2, -0.15) is 5.21 Å². The molecule has 6 rings (SSSR count). The average Bonchev–Trinajstić information content (AvgIpc) is 3.74. The second kappa shape index (κ2) is 19.0. The average molecular weight is 862 g/mol. The van der Waals surface area contributed by atoms with Crippen LogP contribution in [0.3, 0.4) is 0 Å². The molecule has 5 amide bonds. The number of anilines is 1. The van der Waals surface area contributed by atoms with Crippen molar-refractivity contribution in [2.24, 2.45) is 11.8 Å². The number of hydrogen-bond acceptors (Lipinski definition) is 9. The monoisotopic (exact) mass is 861 g/mol. The van der Waals surface area contributed by atoms with Gasteiger partial charge in [-0.1, -0.05) is 30.3 Å². The fraction of sp³-hybridized carbons (Fsp3) is 0.442. The number of piperidine rings is 1. The molecule has 0 spiro atoms. The Kier molecular flexibility index (Phi) is 13.8.